The number of aliphatic imine (C=N–C) groups is 1. The number of hydrogen-bond acceptors (Lipinski definition) is 9. The van der Waals surface area contributed by atoms with Gasteiger partial charge in [0.25, 0.3) is 0 Å². The van der Waals surface area contributed by atoms with Crippen molar-refractivity contribution in [3.8, 4) is 0 Å². The average molecular weight is 477 g/mol. The first kappa shape index (κ1) is 21.3. The zero-order valence-electron chi connectivity index (χ0n) is 14.1. The Bertz CT molecular complexity index is 931. The summed E-state index contributed by atoms with van der Waals surface area (Å²) in [6, 6.07) is 7.14. The van der Waals surface area contributed by atoms with Crippen LogP contribution in [0.4, 0.5) is 5.69 Å². The number of carbonyl (C=O) groups is 1. The molecule has 0 bridgehead atoms. The fourth-order valence-electron chi connectivity index (χ4n) is 1.86. The molecule has 1 aromatic carbocycles. The van der Waals surface area contributed by atoms with Crippen molar-refractivity contribution >= 4 is 54.9 Å². The Morgan fingerprint density at radius 3 is 2.93 bits per heavy atom. The number of rotatable bonds is 8. The molecule has 1 amide bonds. The summed E-state index contributed by atoms with van der Waals surface area (Å²) < 4.78 is 24.1. The van der Waals surface area contributed by atoms with E-state index in [1.807, 2.05) is 11.5 Å². The Balaban J connectivity index is 1.99. The zero-order chi connectivity index (χ0) is 19.9. The van der Waals surface area contributed by atoms with E-state index in [9.17, 15) is 14.2 Å². The van der Waals surface area contributed by atoms with Crippen LogP contribution >= 0.6 is 27.7 Å². The molecule has 0 saturated heterocycles. The third-order valence-electron chi connectivity index (χ3n) is 2.91. The molecule has 0 aliphatic heterocycles. The monoisotopic (exact) mass is 476 g/mol. The number of halogens is 1. The lowest BCUT2D eigenvalue weighted by Gasteiger charge is -2.05. The van der Waals surface area contributed by atoms with Gasteiger partial charge in [-0.2, -0.15) is 0 Å². The molecular weight excluding hydrogens is 460 g/mol. The predicted octanol–water partition coefficient (Wildman–Crippen LogP) is 1.77. The number of carbonyl (C=O) groups excluding carboxylic acids is 1. The van der Waals surface area contributed by atoms with E-state index >= 15 is 0 Å². The molecule has 0 radical (unpaired) electrons. The molecule has 146 valence electrons. The van der Waals surface area contributed by atoms with Crippen molar-refractivity contribution in [1.29, 1.82) is 4.78 Å². The zero-order valence-corrected chi connectivity index (χ0v) is 17.4. The molecule has 1 aromatic heterocycles. The predicted molar refractivity (Wildman–Crippen MR) is 105 cm³/mol. The van der Waals surface area contributed by atoms with Gasteiger partial charge in [0.05, 0.1) is 15.4 Å². The lowest BCUT2D eigenvalue weighted by atomic mass is 10.3. The van der Waals surface area contributed by atoms with Crippen LogP contribution in [-0.2, 0) is 14.5 Å². The molecule has 0 spiro atoms. The molecule has 1 atom stereocenters. The second-order valence-electron chi connectivity index (χ2n) is 5.32. The van der Waals surface area contributed by atoms with Crippen molar-refractivity contribution in [3.63, 3.8) is 0 Å². The van der Waals surface area contributed by atoms with Crippen molar-refractivity contribution in [2.45, 2.75) is 5.03 Å². The number of aromatic nitrogens is 2. The number of benzene rings is 1. The van der Waals surface area contributed by atoms with Crippen LogP contribution in [0.25, 0.3) is 0 Å². The van der Waals surface area contributed by atoms with Gasteiger partial charge in [-0.05, 0) is 28.5 Å². The fraction of sp³-hybridized carbons (Fsp3) is 0.286. The van der Waals surface area contributed by atoms with Gasteiger partial charge in [-0.25, -0.2) is 13.8 Å². The third-order valence-corrected chi connectivity index (χ3v) is 5.16. The van der Waals surface area contributed by atoms with Crippen LogP contribution in [-0.4, -0.2) is 55.8 Å². The van der Waals surface area contributed by atoms with Crippen LogP contribution < -0.4 is 10.8 Å². The van der Waals surface area contributed by atoms with Gasteiger partial charge in [0.1, 0.15) is 5.75 Å². The lowest BCUT2D eigenvalue weighted by molar-refractivity contribution is -0.118. The highest BCUT2D eigenvalue weighted by Crippen LogP contribution is 2.22. The van der Waals surface area contributed by atoms with Crippen LogP contribution in [0.5, 0.6) is 0 Å². The summed E-state index contributed by atoms with van der Waals surface area (Å²) in [5.41, 5.74) is 2.78. The Labute approximate surface area is 168 Å². The van der Waals surface area contributed by atoms with Gasteiger partial charge in [0.2, 0.25) is 5.91 Å². The molecule has 2 rings (SSSR count). The molecule has 0 fully saturated rings. The molecule has 4 N–H and O–H groups in total. The number of hydrogen-bond donors (Lipinski definition) is 4. The second kappa shape index (κ2) is 9.82. The molecular formula is C14H17BrN6O4S2. The highest BCUT2D eigenvalue weighted by molar-refractivity contribution is 9.10. The summed E-state index contributed by atoms with van der Waals surface area (Å²) in [6.45, 7) is 0.274. The minimum atomic E-state index is -2.87. The summed E-state index contributed by atoms with van der Waals surface area (Å²) in [5.74, 6) is -0.316. The number of thioether (sulfide) groups is 1. The minimum absolute atomic E-state index is 0.0563. The van der Waals surface area contributed by atoms with Crippen LogP contribution in [0.3, 0.4) is 0 Å². The highest BCUT2D eigenvalue weighted by atomic mass is 79.9. The maximum absolute atomic E-state index is 11.5. The second-order valence-corrected chi connectivity index (χ2v) is 9.62. The van der Waals surface area contributed by atoms with Crippen LogP contribution in [0.1, 0.15) is 5.69 Å². The van der Waals surface area contributed by atoms with E-state index in [2.05, 4.69) is 36.6 Å². The van der Waals surface area contributed by atoms with Gasteiger partial charge in [-0.1, -0.05) is 33.8 Å². The molecule has 0 aliphatic carbocycles. The van der Waals surface area contributed by atoms with Gasteiger partial charge < -0.3 is 5.32 Å². The van der Waals surface area contributed by atoms with Crippen molar-refractivity contribution < 1.29 is 18.8 Å². The van der Waals surface area contributed by atoms with Crippen molar-refractivity contribution in [2.75, 3.05) is 24.3 Å². The van der Waals surface area contributed by atoms with Crippen molar-refractivity contribution in [1.82, 2.24) is 21.1 Å². The Hall–Kier alpha value is -1.96. The van der Waals surface area contributed by atoms with E-state index in [1.165, 1.54) is 18.0 Å². The number of amides is 1. The Morgan fingerprint density at radius 1 is 1.48 bits per heavy atom. The Kier molecular flexibility index (Phi) is 7.77. The van der Waals surface area contributed by atoms with Gasteiger partial charge in [0, 0.05) is 23.0 Å². The lowest BCUT2D eigenvalue weighted by Crippen LogP contribution is -2.31. The van der Waals surface area contributed by atoms with E-state index in [-0.39, 0.29) is 23.8 Å². The summed E-state index contributed by atoms with van der Waals surface area (Å²) in [6.07, 6.45) is 1.21. The molecule has 2 aromatic rings. The van der Waals surface area contributed by atoms with Gasteiger partial charge in [0.15, 0.2) is 16.6 Å². The maximum atomic E-state index is 11.5. The molecule has 1 heterocycles. The van der Waals surface area contributed by atoms with Gasteiger partial charge >= 0.3 is 0 Å². The average Bonchev–Trinajstić information content (AvgIpc) is 3.03. The molecule has 0 saturated carbocycles. The number of hydroxylamine groups is 1. The summed E-state index contributed by atoms with van der Waals surface area (Å²) in [4.78, 5) is 15.8. The Morgan fingerprint density at radius 2 is 2.26 bits per heavy atom. The van der Waals surface area contributed by atoms with Crippen LogP contribution in [0.2, 0.25) is 0 Å². The molecule has 13 heteroatoms. The standard InChI is InChI=1S/C14H17BrN6O4S2/c1-27(16,24)8-11(22)17-5-6-26-14-12(20-25-21-14)13(19-23)18-10-4-2-3-9(15)7-10/h2-4,7,16,23H,5-6,8H2,1H3,(H,17,22)(H,18,19). The number of amidine groups is 1. The SMILES string of the molecule is CS(=N)(=O)CC(=O)NCCSc1nonc1C(=Nc1cccc(Br)c1)NO. The minimum Gasteiger partial charge on any atom is -0.354 e. The molecule has 0 aliphatic rings. The summed E-state index contributed by atoms with van der Waals surface area (Å²) >= 11 is 4.57. The maximum Gasteiger partial charge on any atom is 0.233 e. The van der Waals surface area contributed by atoms with Gasteiger partial charge in [-0.3, -0.25) is 20.3 Å². The molecule has 10 nitrogen and oxygen atoms in total. The van der Waals surface area contributed by atoms with Gasteiger partial charge in [-0.15, -0.1) is 0 Å². The van der Waals surface area contributed by atoms with E-state index in [1.54, 1.807) is 18.2 Å². The first-order valence-corrected chi connectivity index (χ1v) is 11.4. The quantitative estimate of drug-likeness (QED) is 0.148. The molecule has 27 heavy (non-hydrogen) atoms. The first-order valence-electron chi connectivity index (χ1n) is 7.47. The van der Waals surface area contributed by atoms with Crippen molar-refractivity contribution in [3.05, 3.63) is 34.4 Å². The largest absolute Gasteiger partial charge is 0.354 e. The topological polar surface area (TPSA) is 154 Å². The molecule has 1 unspecified atom stereocenters. The number of nitrogens with zero attached hydrogens (tertiary/aromatic N) is 3. The summed E-state index contributed by atoms with van der Waals surface area (Å²) in [7, 11) is -2.87. The smallest absolute Gasteiger partial charge is 0.233 e. The van der Waals surface area contributed by atoms with Crippen LogP contribution in [0, 0.1) is 4.78 Å². The fourth-order valence-corrected chi connectivity index (χ4v) is 3.61. The van der Waals surface area contributed by atoms with E-state index in [4.69, 9.17) is 9.41 Å². The van der Waals surface area contributed by atoms with Crippen molar-refractivity contribution in [2.24, 2.45) is 4.99 Å². The van der Waals surface area contributed by atoms with E-state index in [0.717, 1.165) is 4.47 Å². The van der Waals surface area contributed by atoms with E-state index in [0.29, 0.717) is 16.5 Å². The van der Waals surface area contributed by atoms with E-state index < -0.39 is 15.6 Å². The van der Waals surface area contributed by atoms with Crippen LogP contribution in [0.15, 0.2) is 43.4 Å². The third kappa shape index (κ3) is 7.28. The number of nitrogens with one attached hydrogen (secondary N) is 3. The first-order chi connectivity index (χ1) is 12.8. The normalized spacial score (nSPS) is 13.8. The summed E-state index contributed by atoms with van der Waals surface area (Å²) in [5, 5.41) is 19.9. The highest BCUT2D eigenvalue weighted by Gasteiger charge is 2.17.